The molecule has 0 saturated heterocycles. The van der Waals surface area contributed by atoms with Gasteiger partial charge in [-0.2, -0.15) is 5.10 Å². The van der Waals surface area contributed by atoms with Gasteiger partial charge in [-0.1, -0.05) is 26.0 Å². The Morgan fingerprint density at radius 1 is 1.10 bits per heavy atom. The molecule has 3 heterocycles. The number of hydrogen-bond acceptors (Lipinski definition) is 9. The number of benzene rings is 1. The highest BCUT2D eigenvalue weighted by Gasteiger charge is 2.62. The third kappa shape index (κ3) is 6.89. The maximum Gasteiger partial charge on any atom is 0.259 e. The summed E-state index contributed by atoms with van der Waals surface area (Å²) in [5, 5.41) is 7.87. The highest BCUT2D eigenvalue weighted by atomic mass is 32.2. The van der Waals surface area contributed by atoms with Crippen molar-refractivity contribution < 1.29 is 32.3 Å². The highest BCUT2D eigenvalue weighted by molar-refractivity contribution is 7.91. The van der Waals surface area contributed by atoms with Crippen molar-refractivity contribution >= 4 is 38.6 Å². The van der Waals surface area contributed by atoms with Crippen LogP contribution in [0.4, 0.5) is 0 Å². The van der Waals surface area contributed by atoms with E-state index in [0.29, 0.717) is 42.2 Å². The Bertz CT molecular complexity index is 2040. The molecule has 3 aliphatic carbocycles. The topological polar surface area (TPSA) is 162 Å². The lowest BCUT2D eigenvalue weighted by atomic mass is 9.93. The second kappa shape index (κ2) is 13.8. The minimum atomic E-state index is -3.83. The molecule has 1 aliphatic heterocycles. The van der Waals surface area contributed by atoms with E-state index in [9.17, 15) is 22.8 Å². The van der Waals surface area contributed by atoms with Gasteiger partial charge in [-0.3, -0.25) is 19.1 Å². The molecule has 2 aromatic heterocycles. The fourth-order valence-corrected chi connectivity index (χ4v) is 9.01. The molecular weight excluding hydrogens is 685 g/mol. The van der Waals surface area contributed by atoms with Crippen LogP contribution >= 0.6 is 0 Å². The number of pyridine rings is 1. The number of nitrogens with zero attached hydrogens (tertiary/aromatic N) is 4. The molecule has 14 heteroatoms. The fourth-order valence-electron chi connectivity index (χ4n) is 7.65. The lowest BCUT2D eigenvalue weighted by Crippen LogP contribution is -2.54. The number of methoxy groups -OCH3 is 1. The van der Waals surface area contributed by atoms with Gasteiger partial charge in [0.05, 0.1) is 35.4 Å². The number of carbonyl (C=O) groups is 3. The summed E-state index contributed by atoms with van der Waals surface area (Å²) in [6, 6.07) is 7.55. The van der Waals surface area contributed by atoms with Gasteiger partial charge in [-0.05, 0) is 82.4 Å². The minimum absolute atomic E-state index is 0.153. The maximum absolute atomic E-state index is 14.3. The number of hydrogen-bond donors (Lipinski definition) is 2. The standard InChI is InChI=1S/C38H48N6O7S/c1-22(2)30-15-17-44(41-30)33-20-32(27-13-14-31(50-5)23(3)34(27)39-33)51-25-18-28-29(19-25)36(46)43(4)16-9-7-6-8-10-24-21-38(24,40-35(28)45)37(47)42-52(48,49)26-11-12-26/h8,10,13-15,17,20,22,24-26,28-29H,6-7,9,11-12,16,18-19,21H2,1-5H3,(H,40,45)(H,42,47)/b10-8+. The summed E-state index contributed by atoms with van der Waals surface area (Å²) in [5.41, 5.74) is 1.03. The van der Waals surface area contributed by atoms with Crippen LogP contribution in [0, 0.1) is 24.7 Å². The van der Waals surface area contributed by atoms with E-state index in [2.05, 4.69) is 23.9 Å². The Kier molecular flexibility index (Phi) is 9.55. The average molecular weight is 733 g/mol. The zero-order valence-corrected chi connectivity index (χ0v) is 31.2. The number of carbonyl (C=O) groups excluding carboxylic acids is 3. The quantitative estimate of drug-likeness (QED) is 0.322. The number of nitrogens with one attached hydrogen (secondary N) is 2. The van der Waals surface area contributed by atoms with Crippen LogP contribution < -0.4 is 19.5 Å². The molecule has 0 radical (unpaired) electrons. The van der Waals surface area contributed by atoms with Crippen molar-refractivity contribution in [2.45, 2.75) is 94.9 Å². The third-order valence-corrected chi connectivity index (χ3v) is 12.9. The van der Waals surface area contributed by atoms with Gasteiger partial charge < -0.3 is 19.7 Å². The van der Waals surface area contributed by atoms with Crippen LogP contribution in [0.5, 0.6) is 11.5 Å². The Morgan fingerprint density at radius 3 is 2.58 bits per heavy atom. The van der Waals surface area contributed by atoms with Crippen LogP contribution in [0.2, 0.25) is 0 Å². The monoisotopic (exact) mass is 732 g/mol. The van der Waals surface area contributed by atoms with Crippen molar-refractivity contribution in [2.24, 2.45) is 17.8 Å². The molecule has 2 N–H and O–H groups in total. The van der Waals surface area contributed by atoms with Gasteiger partial charge in [-0.15, -0.1) is 0 Å². The summed E-state index contributed by atoms with van der Waals surface area (Å²) in [5.74, 6) is -1.18. The van der Waals surface area contributed by atoms with E-state index in [1.807, 2.05) is 49.5 Å². The molecule has 5 atom stereocenters. The second-order valence-electron chi connectivity index (χ2n) is 15.2. The number of fused-ring (bicyclic) bond motifs is 3. The number of aryl methyl sites for hydroxylation is 1. The summed E-state index contributed by atoms with van der Waals surface area (Å²) in [4.78, 5) is 48.6. The summed E-state index contributed by atoms with van der Waals surface area (Å²) in [7, 11) is -0.458. The van der Waals surface area contributed by atoms with Gasteiger partial charge in [0.2, 0.25) is 21.8 Å². The van der Waals surface area contributed by atoms with Crippen molar-refractivity contribution in [1.29, 1.82) is 0 Å². The zero-order valence-electron chi connectivity index (χ0n) is 30.4. The lowest BCUT2D eigenvalue weighted by Gasteiger charge is -2.26. The molecule has 52 heavy (non-hydrogen) atoms. The fraction of sp³-hybridized carbons (Fsp3) is 0.553. The molecule has 3 saturated carbocycles. The molecule has 0 spiro atoms. The number of allylic oxidation sites excluding steroid dienone is 1. The molecule has 0 bridgehead atoms. The van der Waals surface area contributed by atoms with Crippen LogP contribution in [-0.2, 0) is 24.4 Å². The minimum Gasteiger partial charge on any atom is -0.496 e. The first kappa shape index (κ1) is 35.9. The molecule has 1 aromatic carbocycles. The Morgan fingerprint density at radius 2 is 1.87 bits per heavy atom. The first-order valence-corrected chi connectivity index (χ1v) is 19.9. The predicted octanol–water partition coefficient (Wildman–Crippen LogP) is 4.32. The van der Waals surface area contributed by atoms with Crippen LogP contribution in [0.25, 0.3) is 16.7 Å². The predicted molar refractivity (Wildman–Crippen MR) is 195 cm³/mol. The molecule has 3 fully saturated rings. The van der Waals surface area contributed by atoms with Crippen molar-refractivity contribution in [3.8, 4) is 17.3 Å². The molecule has 5 unspecified atom stereocenters. The Hall–Kier alpha value is -4.46. The van der Waals surface area contributed by atoms with Crippen LogP contribution in [0.1, 0.15) is 82.4 Å². The number of ether oxygens (including phenoxy) is 2. The molecular formula is C38H48N6O7S. The summed E-state index contributed by atoms with van der Waals surface area (Å²) < 4.78 is 41.9. The van der Waals surface area contributed by atoms with Gasteiger partial charge in [0.15, 0.2) is 5.82 Å². The van der Waals surface area contributed by atoms with Gasteiger partial charge in [0.25, 0.3) is 5.91 Å². The normalized spacial score (nSPS) is 27.4. The SMILES string of the molecule is COc1ccc2c(OC3CC4C(=O)NC5(C(=O)NS(=O)(=O)C6CC6)CC5/C=C/CCCCN(C)C(=O)C4C3)cc(-n3ccc(C(C)C)n3)nc2c1C. The Balaban J connectivity index is 1.21. The van der Waals surface area contributed by atoms with E-state index in [0.717, 1.165) is 35.9 Å². The number of rotatable bonds is 8. The Labute approximate surface area is 304 Å². The molecule has 4 aliphatic rings. The number of aromatic nitrogens is 3. The van der Waals surface area contributed by atoms with Crippen LogP contribution in [0.15, 0.2) is 42.6 Å². The van der Waals surface area contributed by atoms with E-state index < -0.39 is 50.6 Å². The molecule has 3 aromatic rings. The first-order chi connectivity index (χ1) is 24.8. The van der Waals surface area contributed by atoms with Crippen molar-refractivity contribution in [3.63, 3.8) is 0 Å². The van der Waals surface area contributed by atoms with E-state index >= 15 is 0 Å². The summed E-state index contributed by atoms with van der Waals surface area (Å²) in [6.45, 7) is 6.64. The zero-order chi connectivity index (χ0) is 36.9. The highest BCUT2D eigenvalue weighted by Crippen LogP contribution is 2.47. The van der Waals surface area contributed by atoms with E-state index in [-0.39, 0.29) is 37.0 Å². The lowest BCUT2D eigenvalue weighted by molar-refractivity contribution is -0.140. The molecule has 278 valence electrons. The van der Waals surface area contributed by atoms with Crippen LogP contribution in [-0.4, -0.2) is 83.4 Å². The molecule has 3 amide bonds. The van der Waals surface area contributed by atoms with Crippen LogP contribution in [0.3, 0.4) is 0 Å². The molecule has 7 rings (SSSR count). The number of sulfonamides is 1. The van der Waals surface area contributed by atoms with E-state index in [1.165, 1.54) is 0 Å². The number of amides is 3. The van der Waals surface area contributed by atoms with E-state index in [1.54, 1.807) is 23.7 Å². The van der Waals surface area contributed by atoms with Gasteiger partial charge in [0, 0.05) is 42.7 Å². The average Bonchev–Trinajstić information content (AvgIpc) is 3.98. The maximum atomic E-state index is 14.3. The summed E-state index contributed by atoms with van der Waals surface area (Å²) >= 11 is 0. The second-order valence-corrected chi connectivity index (χ2v) is 17.1. The van der Waals surface area contributed by atoms with Gasteiger partial charge in [-0.25, -0.2) is 18.1 Å². The summed E-state index contributed by atoms with van der Waals surface area (Å²) in [6.07, 6.45) is 9.42. The van der Waals surface area contributed by atoms with Crippen molar-refractivity contribution in [3.05, 3.63) is 53.9 Å². The van der Waals surface area contributed by atoms with Gasteiger partial charge >= 0.3 is 0 Å². The first-order valence-electron chi connectivity index (χ1n) is 18.3. The van der Waals surface area contributed by atoms with Crippen molar-refractivity contribution in [2.75, 3.05) is 20.7 Å². The third-order valence-electron chi connectivity index (χ3n) is 11.1. The largest absolute Gasteiger partial charge is 0.496 e. The molecule has 13 nitrogen and oxygen atoms in total. The van der Waals surface area contributed by atoms with E-state index in [4.69, 9.17) is 19.6 Å². The smallest absolute Gasteiger partial charge is 0.259 e. The van der Waals surface area contributed by atoms with Gasteiger partial charge in [0.1, 0.15) is 23.1 Å². The van der Waals surface area contributed by atoms with Crippen molar-refractivity contribution in [1.82, 2.24) is 29.7 Å².